The van der Waals surface area contributed by atoms with E-state index < -0.39 is 0 Å². The molecule has 1 amide bonds. The molecule has 2 rings (SSSR count). The van der Waals surface area contributed by atoms with Crippen LogP contribution in [0.2, 0.25) is 0 Å². The van der Waals surface area contributed by atoms with Gasteiger partial charge in [0.15, 0.2) is 6.39 Å². The summed E-state index contributed by atoms with van der Waals surface area (Å²) in [5, 5.41) is 0. The Kier molecular flexibility index (Phi) is 5.15. The quantitative estimate of drug-likeness (QED) is 0.762. The van der Waals surface area contributed by atoms with Gasteiger partial charge in [-0.1, -0.05) is 0 Å². The van der Waals surface area contributed by atoms with Gasteiger partial charge in [-0.05, 0) is 19.8 Å². The SMILES string of the molecule is CCOC(=O)C1CCCN(C(=O)CCc2cocn2)C1. The molecular formula is C14H20N2O4. The number of hydrogen-bond acceptors (Lipinski definition) is 5. The summed E-state index contributed by atoms with van der Waals surface area (Å²) in [7, 11) is 0. The van der Waals surface area contributed by atoms with Gasteiger partial charge in [0.05, 0.1) is 18.2 Å². The first-order chi connectivity index (χ1) is 9.70. The lowest BCUT2D eigenvalue weighted by Crippen LogP contribution is -2.42. The summed E-state index contributed by atoms with van der Waals surface area (Å²) in [6, 6.07) is 0. The number of carbonyl (C=O) groups is 2. The van der Waals surface area contributed by atoms with Crippen LogP contribution in [-0.4, -0.2) is 41.5 Å². The summed E-state index contributed by atoms with van der Waals surface area (Å²) in [6.07, 6.45) is 5.51. The fraction of sp³-hybridized carbons (Fsp3) is 0.643. The fourth-order valence-corrected chi connectivity index (χ4v) is 2.41. The van der Waals surface area contributed by atoms with E-state index in [4.69, 9.17) is 9.15 Å². The number of hydrogen-bond donors (Lipinski definition) is 0. The van der Waals surface area contributed by atoms with Gasteiger partial charge in [-0.25, -0.2) is 4.98 Å². The molecule has 0 spiro atoms. The summed E-state index contributed by atoms with van der Waals surface area (Å²) in [4.78, 5) is 29.6. The van der Waals surface area contributed by atoms with E-state index >= 15 is 0 Å². The van der Waals surface area contributed by atoms with Gasteiger partial charge in [-0.3, -0.25) is 9.59 Å². The Bertz CT molecular complexity index is 444. The molecule has 1 fully saturated rings. The zero-order chi connectivity index (χ0) is 14.4. The summed E-state index contributed by atoms with van der Waals surface area (Å²) >= 11 is 0. The number of oxazole rings is 1. The molecule has 6 nitrogen and oxygen atoms in total. The molecule has 0 radical (unpaired) electrons. The first-order valence-electron chi connectivity index (χ1n) is 7.02. The average molecular weight is 280 g/mol. The molecule has 1 saturated heterocycles. The van der Waals surface area contributed by atoms with Crippen molar-refractivity contribution in [2.45, 2.75) is 32.6 Å². The van der Waals surface area contributed by atoms with Crippen molar-refractivity contribution >= 4 is 11.9 Å². The minimum Gasteiger partial charge on any atom is -0.466 e. The van der Waals surface area contributed by atoms with Crippen LogP contribution in [-0.2, 0) is 20.7 Å². The minimum atomic E-state index is -0.193. The van der Waals surface area contributed by atoms with Crippen molar-refractivity contribution < 1.29 is 18.7 Å². The standard InChI is InChI=1S/C14H20N2O4/c1-2-20-14(18)11-4-3-7-16(8-11)13(17)6-5-12-9-19-10-15-12/h9-11H,2-8H2,1H3. The molecule has 110 valence electrons. The maximum absolute atomic E-state index is 12.1. The maximum Gasteiger partial charge on any atom is 0.310 e. The fourth-order valence-electron chi connectivity index (χ4n) is 2.41. The Morgan fingerprint density at radius 1 is 1.55 bits per heavy atom. The number of likely N-dealkylation sites (tertiary alicyclic amines) is 1. The Hall–Kier alpha value is -1.85. The molecule has 1 aliphatic rings. The van der Waals surface area contributed by atoms with E-state index in [1.165, 1.54) is 6.39 Å². The predicted molar refractivity (Wildman–Crippen MR) is 70.8 cm³/mol. The number of piperidine rings is 1. The monoisotopic (exact) mass is 280 g/mol. The molecule has 0 bridgehead atoms. The van der Waals surface area contributed by atoms with Gasteiger partial charge in [-0.15, -0.1) is 0 Å². The Balaban J connectivity index is 1.81. The topological polar surface area (TPSA) is 72.6 Å². The van der Waals surface area contributed by atoms with E-state index in [1.807, 2.05) is 0 Å². The van der Waals surface area contributed by atoms with Gasteiger partial charge < -0.3 is 14.1 Å². The summed E-state index contributed by atoms with van der Waals surface area (Å²) < 4.78 is 9.90. The Morgan fingerprint density at radius 3 is 3.10 bits per heavy atom. The van der Waals surface area contributed by atoms with Gasteiger partial charge in [0.25, 0.3) is 0 Å². The maximum atomic E-state index is 12.1. The minimum absolute atomic E-state index is 0.0574. The van der Waals surface area contributed by atoms with Crippen LogP contribution in [0.3, 0.4) is 0 Å². The lowest BCUT2D eigenvalue weighted by molar-refractivity contribution is -0.151. The van der Waals surface area contributed by atoms with Gasteiger partial charge in [0.1, 0.15) is 6.26 Å². The zero-order valence-electron chi connectivity index (χ0n) is 11.7. The molecule has 0 aliphatic carbocycles. The van der Waals surface area contributed by atoms with Crippen LogP contribution in [0.5, 0.6) is 0 Å². The van der Waals surface area contributed by atoms with E-state index in [1.54, 1.807) is 18.1 Å². The van der Waals surface area contributed by atoms with Crippen molar-refractivity contribution in [2.24, 2.45) is 5.92 Å². The van der Waals surface area contributed by atoms with E-state index in [0.717, 1.165) is 18.5 Å². The number of nitrogens with zero attached hydrogens (tertiary/aromatic N) is 2. The first kappa shape index (κ1) is 14.6. The highest BCUT2D eigenvalue weighted by molar-refractivity contribution is 5.78. The van der Waals surface area contributed by atoms with Gasteiger partial charge in [-0.2, -0.15) is 0 Å². The third-order valence-corrected chi connectivity index (χ3v) is 3.47. The van der Waals surface area contributed by atoms with Crippen LogP contribution in [0.15, 0.2) is 17.1 Å². The Labute approximate surface area is 118 Å². The van der Waals surface area contributed by atoms with Crippen LogP contribution in [0.4, 0.5) is 0 Å². The lowest BCUT2D eigenvalue weighted by Gasteiger charge is -2.31. The van der Waals surface area contributed by atoms with Crippen molar-refractivity contribution in [3.05, 3.63) is 18.4 Å². The van der Waals surface area contributed by atoms with E-state index in [9.17, 15) is 9.59 Å². The molecule has 1 unspecified atom stereocenters. The van der Waals surface area contributed by atoms with E-state index in [0.29, 0.717) is 32.5 Å². The molecule has 20 heavy (non-hydrogen) atoms. The third kappa shape index (κ3) is 3.82. The molecule has 0 saturated carbocycles. The molecule has 1 aromatic heterocycles. The number of esters is 1. The second-order valence-electron chi connectivity index (χ2n) is 4.91. The Morgan fingerprint density at radius 2 is 2.40 bits per heavy atom. The molecule has 1 atom stereocenters. The largest absolute Gasteiger partial charge is 0.466 e. The highest BCUT2D eigenvalue weighted by Crippen LogP contribution is 2.19. The molecule has 0 aromatic carbocycles. The predicted octanol–water partition coefficient (Wildman–Crippen LogP) is 1.41. The van der Waals surface area contributed by atoms with Crippen LogP contribution in [0.1, 0.15) is 31.9 Å². The van der Waals surface area contributed by atoms with Crippen LogP contribution >= 0.6 is 0 Å². The van der Waals surface area contributed by atoms with Crippen LogP contribution in [0, 0.1) is 5.92 Å². The number of amides is 1. The smallest absolute Gasteiger partial charge is 0.310 e. The first-order valence-corrected chi connectivity index (χ1v) is 7.02. The van der Waals surface area contributed by atoms with Crippen molar-refractivity contribution in [3.8, 4) is 0 Å². The highest BCUT2D eigenvalue weighted by Gasteiger charge is 2.29. The number of ether oxygens (including phenoxy) is 1. The van der Waals surface area contributed by atoms with Crippen molar-refractivity contribution in [2.75, 3.05) is 19.7 Å². The highest BCUT2D eigenvalue weighted by atomic mass is 16.5. The van der Waals surface area contributed by atoms with Crippen molar-refractivity contribution in [3.63, 3.8) is 0 Å². The summed E-state index contributed by atoms with van der Waals surface area (Å²) in [5.41, 5.74) is 0.775. The second kappa shape index (κ2) is 7.07. The molecule has 6 heteroatoms. The lowest BCUT2D eigenvalue weighted by atomic mass is 9.98. The molecule has 1 aliphatic heterocycles. The third-order valence-electron chi connectivity index (χ3n) is 3.47. The van der Waals surface area contributed by atoms with E-state index in [-0.39, 0.29) is 17.8 Å². The number of carbonyl (C=O) groups excluding carboxylic acids is 2. The molecular weight excluding hydrogens is 260 g/mol. The number of aromatic nitrogens is 1. The van der Waals surface area contributed by atoms with Crippen LogP contribution in [0.25, 0.3) is 0 Å². The second-order valence-corrected chi connectivity index (χ2v) is 4.91. The summed E-state index contributed by atoms with van der Waals surface area (Å²) in [5.74, 6) is -0.316. The molecule has 1 aromatic rings. The number of aryl methyl sites for hydroxylation is 1. The van der Waals surface area contributed by atoms with E-state index in [2.05, 4.69) is 4.98 Å². The van der Waals surface area contributed by atoms with Gasteiger partial charge >= 0.3 is 5.97 Å². The van der Waals surface area contributed by atoms with Gasteiger partial charge in [0, 0.05) is 25.9 Å². The zero-order valence-corrected chi connectivity index (χ0v) is 11.7. The van der Waals surface area contributed by atoms with Crippen LogP contribution < -0.4 is 0 Å². The average Bonchev–Trinajstić information content (AvgIpc) is 2.98. The normalized spacial score (nSPS) is 18.9. The molecule has 0 N–H and O–H groups in total. The summed E-state index contributed by atoms with van der Waals surface area (Å²) in [6.45, 7) is 3.36. The van der Waals surface area contributed by atoms with Crippen molar-refractivity contribution in [1.29, 1.82) is 0 Å². The van der Waals surface area contributed by atoms with Crippen molar-refractivity contribution in [1.82, 2.24) is 9.88 Å². The number of rotatable bonds is 5. The van der Waals surface area contributed by atoms with Gasteiger partial charge in [0.2, 0.25) is 5.91 Å². The molecule has 2 heterocycles.